The van der Waals surface area contributed by atoms with Gasteiger partial charge in [0.2, 0.25) is 0 Å². The van der Waals surface area contributed by atoms with Crippen LogP contribution in [0.2, 0.25) is 0 Å². The van der Waals surface area contributed by atoms with Gasteiger partial charge in [-0.05, 0) is 39.3 Å². The Morgan fingerprint density at radius 1 is 1.19 bits per heavy atom. The molecule has 0 bridgehead atoms. The quantitative estimate of drug-likeness (QED) is 0.621. The molecule has 5 nitrogen and oxygen atoms in total. The van der Waals surface area contributed by atoms with Gasteiger partial charge in [0.1, 0.15) is 11.4 Å². The molecule has 1 aliphatic rings. The van der Waals surface area contributed by atoms with Crippen LogP contribution >= 0.6 is 0 Å². The van der Waals surface area contributed by atoms with Gasteiger partial charge in [0.25, 0.3) is 0 Å². The van der Waals surface area contributed by atoms with Gasteiger partial charge in [0.05, 0.1) is 5.92 Å². The Bertz CT molecular complexity index is 507. The normalized spacial score (nSPS) is 18.4. The van der Waals surface area contributed by atoms with E-state index < -0.39 is 5.60 Å². The topological polar surface area (TPSA) is 55.8 Å². The van der Waals surface area contributed by atoms with Crippen LogP contribution in [-0.4, -0.2) is 35.7 Å². The second-order valence-electron chi connectivity index (χ2n) is 6.15. The van der Waals surface area contributed by atoms with Crippen molar-refractivity contribution in [2.45, 2.75) is 32.8 Å². The highest BCUT2D eigenvalue weighted by Gasteiger charge is 2.34. The lowest BCUT2D eigenvalue weighted by Gasteiger charge is -2.24. The monoisotopic (exact) mass is 291 g/mol. The molecule has 1 unspecified atom stereocenters. The van der Waals surface area contributed by atoms with Gasteiger partial charge in [-0.2, -0.15) is 0 Å². The van der Waals surface area contributed by atoms with E-state index in [-0.39, 0.29) is 18.0 Å². The van der Waals surface area contributed by atoms with Crippen molar-refractivity contribution in [1.29, 1.82) is 0 Å². The van der Waals surface area contributed by atoms with Crippen LogP contribution in [0.15, 0.2) is 30.3 Å². The number of rotatable bonds is 2. The molecule has 0 N–H and O–H groups in total. The van der Waals surface area contributed by atoms with Crippen LogP contribution in [0, 0.1) is 5.92 Å². The Labute approximate surface area is 124 Å². The van der Waals surface area contributed by atoms with Crippen LogP contribution in [-0.2, 0) is 9.53 Å². The second kappa shape index (κ2) is 6.16. The molecule has 0 radical (unpaired) electrons. The van der Waals surface area contributed by atoms with E-state index in [0.717, 1.165) is 0 Å². The molecule has 0 aromatic heterocycles. The van der Waals surface area contributed by atoms with Gasteiger partial charge in [-0.15, -0.1) is 0 Å². The number of ether oxygens (including phenoxy) is 2. The number of para-hydroxylation sites is 1. The maximum absolute atomic E-state index is 12.1. The summed E-state index contributed by atoms with van der Waals surface area (Å²) in [5.41, 5.74) is -0.528. The molecule has 1 aliphatic heterocycles. The summed E-state index contributed by atoms with van der Waals surface area (Å²) >= 11 is 0. The van der Waals surface area contributed by atoms with Crippen molar-refractivity contribution in [3.8, 4) is 5.75 Å². The van der Waals surface area contributed by atoms with E-state index in [2.05, 4.69) is 0 Å². The van der Waals surface area contributed by atoms with Crippen LogP contribution in [0.5, 0.6) is 5.75 Å². The first-order valence-corrected chi connectivity index (χ1v) is 7.10. The summed E-state index contributed by atoms with van der Waals surface area (Å²) in [7, 11) is 0. The third-order valence-corrected chi connectivity index (χ3v) is 3.13. The number of esters is 1. The molecule has 1 aromatic rings. The molecular weight excluding hydrogens is 270 g/mol. The molecule has 114 valence electrons. The molecule has 5 heteroatoms. The molecule has 0 aliphatic carbocycles. The molecule has 21 heavy (non-hydrogen) atoms. The second-order valence-corrected chi connectivity index (χ2v) is 6.15. The Morgan fingerprint density at radius 2 is 1.86 bits per heavy atom. The lowest BCUT2D eigenvalue weighted by molar-refractivity contribution is -0.138. The zero-order valence-corrected chi connectivity index (χ0v) is 12.7. The molecule has 2 rings (SSSR count). The molecular formula is C16H21NO4. The first kappa shape index (κ1) is 15.4. The van der Waals surface area contributed by atoms with E-state index in [9.17, 15) is 9.59 Å². The van der Waals surface area contributed by atoms with Gasteiger partial charge in [0, 0.05) is 13.1 Å². The summed E-state index contributed by atoms with van der Waals surface area (Å²) in [5, 5.41) is 0. The van der Waals surface area contributed by atoms with Crippen molar-refractivity contribution < 1.29 is 19.1 Å². The van der Waals surface area contributed by atoms with Gasteiger partial charge in [0.15, 0.2) is 0 Å². The highest BCUT2D eigenvalue weighted by atomic mass is 16.6. The predicted molar refractivity (Wildman–Crippen MR) is 78.0 cm³/mol. The lowest BCUT2D eigenvalue weighted by atomic mass is 10.1. The summed E-state index contributed by atoms with van der Waals surface area (Å²) in [6, 6.07) is 8.95. The lowest BCUT2D eigenvalue weighted by Crippen LogP contribution is -2.36. The molecule has 1 fully saturated rings. The van der Waals surface area contributed by atoms with Crippen molar-refractivity contribution in [1.82, 2.24) is 4.90 Å². The fourth-order valence-corrected chi connectivity index (χ4v) is 2.13. The first-order valence-electron chi connectivity index (χ1n) is 7.10. The maximum Gasteiger partial charge on any atom is 0.410 e. The number of carbonyl (C=O) groups is 2. The summed E-state index contributed by atoms with van der Waals surface area (Å²) in [5.74, 6) is -0.0665. The summed E-state index contributed by atoms with van der Waals surface area (Å²) < 4.78 is 10.6. The number of carbonyl (C=O) groups excluding carboxylic acids is 2. The van der Waals surface area contributed by atoms with Crippen molar-refractivity contribution in [3.05, 3.63) is 30.3 Å². The summed E-state index contributed by atoms with van der Waals surface area (Å²) in [6.07, 6.45) is 0.225. The standard InChI is InChI=1S/C16H21NO4/c1-16(2,3)21-15(19)17-10-9-12(11-17)14(18)20-13-7-5-4-6-8-13/h4-8,12H,9-11H2,1-3H3. The van der Waals surface area contributed by atoms with Gasteiger partial charge < -0.3 is 14.4 Å². The van der Waals surface area contributed by atoms with Crippen molar-refractivity contribution >= 4 is 12.1 Å². The summed E-state index contributed by atoms with van der Waals surface area (Å²) in [6.45, 7) is 6.33. The maximum atomic E-state index is 12.1. The highest BCUT2D eigenvalue weighted by molar-refractivity contribution is 5.77. The summed E-state index contributed by atoms with van der Waals surface area (Å²) in [4.78, 5) is 25.6. The van der Waals surface area contributed by atoms with Crippen molar-refractivity contribution in [2.24, 2.45) is 5.92 Å². The van der Waals surface area contributed by atoms with E-state index in [0.29, 0.717) is 25.3 Å². The zero-order chi connectivity index (χ0) is 15.5. The van der Waals surface area contributed by atoms with Gasteiger partial charge in [-0.1, -0.05) is 18.2 Å². The van der Waals surface area contributed by atoms with Crippen LogP contribution in [0.4, 0.5) is 4.79 Å². The number of hydrogen-bond acceptors (Lipinski definition) is 4. The molecule has 1 atom stereocenters. The Kier molecular flexibility index (Phi) is 4.50. The minimum absolute atomic E-state index is 0.294. The third-order valence-electron chi connectivity index (χ3n) is 3.13. The van der Waals surface area contributed by atoms with Crippen LogP contribution in [0.25, 0.3) is 0 Å². The molecule has 0 spiro atoms. The number of hydrogen-bond donors (Lipinski definition) is 0. The predicted octanol–water partition coefficient (Wildman–Crippen LogP) is 2.85. The van der Waals surface area contributed by atoms with E-state index in [1.807, 2.05) is 39.0 Å². The molecule has 1 heterocycles. The minimum Gasteiger partial charge on any atom is -0.444 e. The number of nitrogens with zero attached hydrogens (tertiary/aromatic N) is 1. The average molecular weight is 291 g/mol. The fraction of sp³-hybridized carbons (Fsp3) is 0.500. The molecule has 1 saturated heterocycles. The first-order chi connectivity index (χ1) is 9.85. The van der Waals surface area contributed by atoms with Crippen LogP contribution in [0.3, 0.4) is 0 Å². The van der Waals surface area contributed by atoms with Crippen molar-refractivity contribution in [2.75, 3.05) is 13.1 Å². The Balaban J connectivity index is 1.87. The third kappa shape index (κ3) is 4.48. The molecule has 1 aromatic carbocycles. The highest BCUT2D eigenvalue weighted by Crippen LogP contribution is 2.21. The number of amides is 1. The molecule has 1 amide bonds. The largest absolute Gasteiger partial charge is 0.444 e. The minimum atomic E-state index is -0.528. The SMILES string of the molecule is CC(C)(C)OC(=O)N1CCC(C(=O)Oc2ccccc2)C1. The van der Waals surface area contributed by atoms with Gasteiger partial charge in [-0.25, -0.2) is 4.79 Å². The smallest absolute Gasteiger partial charge is 0.410 e. The average Bonchev–Trinajstić information content (AvgIpc) is 2.87. The van der Waals surface area contributed by atoms with Crippen LogP contribution in [0.1, 0.15) is 27.2 Å². The zero-order valence-electron chi connectivity index (χ0n) is 12.7. The Morgan fingerprint density at radius 3 is 2.48 bits per heavy atom. The van der Waals surface area contributed by atoms with E-state index >= 15 is 0 Å². The van der Waals surface area contributed by atoms with Gasteiger partial charge in [-0.3, -0.25) is 4.79 Å². The van der Waals surface area contributed by atoms with E-state index in [1.165, 1.54) is 0 Å². The molecule has 0 saturated carbocycles. The van der Waals surface area contributed by atoms with Crippen molar-refractivity contribution in [3.63, 3.8) is 0 Å². The van der Waals surface area contributed by atoms with E-state index in [4.69, 9.17) is 9.47 Å². The Hall–Kier alpha value is -2.04. The van der Waals surface area contributed by atoms with E-state index in [1.54, 1.807) is 17.0 Å². The number of likely N-dealkylation sites (tertiary alicyclic amines) is 1. The van der Waals surface area contributed by atoms with Gasteiger partial charge >= 0.3 is 12.1 Å². The number of benzene rings is 1. The van der Waals surface area contributed by atoms with Crippen LogP contribution < -0.4 is 4.74 Å². The fourth-order valence-electron chi connectivity index (χ4n) is 2.13.